The molecule has 4 rings (SSSR count). The Balaban J connectivity index is 1.56. The van der Waals surface area contributed by atoms with E-state index in [-0.39, 0.29) is 29.2 Å². The highest BCUT2D eigenvalue weighted by molar-refractivity contribution is 6.08. The summed E-state index contributed by atoms with van der Waals surface area (Å²) in [6.45, 7) is 1.81. The zero-order valence-corrected chi connectivity index (χ0v) is 19.2. The number of carbonyl (C=O) groups is 1. The molecule has 3 aromatic rings. The molecule has 1 aromatic heterocycles. The van der Waals surface area contributed by atoms with Crippen LogP contribution < -0.4 is 5.73 Å². The number of halogens is 5. The molecule has 35 heavy (non-hydrogen) atoms. The number of hydrogen-bond acceptors (Lipinski definition) is 3. The number of rotatable bonds is 6. The van der Waals surface area contributed by atoms with E-state index in [4.69, 9.17) is 5.73 Å². The predicted molar refractivity (Wildman–Crippen MR) is 121 cm³/mol. The van der Waals surface area contributed by atoms with Crippen molar-refractivity contribution in [2.75, 3.05) is 19.7 Å². The van der Waals surface area contributed by atoms with Crippen LogP contribution in [-0.2, 0) is 17.8 Å². The second-order valence-electron chi connectivity index (χ2n) is 8.74. The molecule has 1 fully saturated rings. The lowest BCUT2D eigenvalue weighted by Gasteiger charge is -2.32. The number of aromatic nitrogens is 1. The Kier molecular flexibility index (Phi) is 7.14. The number of hydrogen-bond donors (Lipinski definition) is 1. The van der Waals surface area contributed by atoms with Crippen molar-refractivity contribution in [3.63, 3.8) is 0 Å². The van der Waals surface area contributed by atoms with Crippen LogP contribution in [0.3, 0.4) is 0 Å². The van der Waals surface area contributed by atoms with Crippen molar-refractivity contribution >= 4 is 16.8 Å². The van der Waals surface area contributed by atoms with Gasteiger partial charge in [-0.15, -0.1) is 13.2 Å². The van der Waals surface area contributed by atoms with Crippen molar-refractivity contribution in [3.8, 4) is 0 Å². The molecule has 2 N–H and O–H groups in total. The fourth-order valence-corrected chi connectivity index (χ4v) is 4.78. The standard InChI is InChI=1S/C25H26F5N3O2/c1-15-2-4-21(27)22-19(14-33(23(15)22)10-11-35-25(28,29)30)24(34)32-8-6-17(7-9-32)18-12-16(13-31)3-5-20(18)26/h2-5,12,14,17H,6-11,13,31H2,1H3. The van der Waals surface area contributed by atoms with Gasteiger partial charge in [-0.05, 0) is 54.5 Å². The van der Waals surface area contributed by atoms with E-state index < -0.39 is 24.7 Å². The van der Waals surface area contributed by atoms with Crippen LogP contribution in [0.25, 0.3) is 10.9 Å². The first-order valence-electron chi connectivity index (χ1n) is 11.4. The van der Waals surface area contributed by atoms with Gasteiger partial charge in [0, 0.05) is 37.8 Å². The summed E-state index contributed by atoms with van der Waals surface area (Å²) in [6.07, 6.45) is -2.35. The molecule has 0 unspecified atom stereocenters. The van der Waals surface area contributed by atoms with Gasteiger partial charge < -0.3 is 15.2 Å². The third kappa shape index (κ3) is 5.33. The van der Waals surface area contributed by atoms with Crippen molar-refractivity contribution in [2.24, 2.45) is 5.73 Å². The van der Waals surface area contributed by atoms with Crippen molar-refractivity contribution in [1.82, 2.24) is 9.47 Å². The number of fused-ring (bicyclic) bond motifs is 1. The van der Waals surface area contributed by atoms with E-state index in [1.165, 1.54) is 29.0 Å². The highest BCUT2D eigenvalue weighted by Crippen LogP contribution is 2.33. The first-order valence-corrected chi connectivity index (χ1v) is 11.4. The van der Waals surface area contributed by atoms with Crippen LogP contribution in [0.1, 0.15) is 45.8 Å². The summed E-state index contributed by atoms with van der Waals surface area (Å²) < 4.78 is 71.8. The molecule has 1 aliphatic rings. The normalized spacial score (nSPS) is 15.2. The van der Waals surface area contributed by atoms with Gasteiger partial charge in [-0.3, -0.25) is 9.53 Å². The van der Waals surface area contributed by atoms with Crippen molar-refractivity contribution < 1.29 is 31.5 Å². The summed E-state index contributed by atoms with van der Waals surface area (Å²) >= 11 is 0. The maximum atomic E-state index is 14.8. The summed E-state index contributed by atoms with van der Waals surface area (Å²) in [5, 5.41) is 0.0748. The molecular formula is C25H26F5N3O2. The van der Waals surface area contributed by atoms with Crippen LogP contribution in [0, 0.1) is 18.6 Å². The number of nitrogens with two attached hydrogens (primary N) is 1. The quantitative estimate of drug-likeness (QED) is 0.476. The fourth-order valence-electron chi connectivity index (χ4n) is 4.78. The number of nitrogens with zero attached hydrogens (tertiary/aromatic N) is 2. The highest BCUT2D eigenvalue weighted by atomic mass is 19.4. The van der Waals surface area contributed by atoms with Gasteiger partial charge in [0.25, 0.3) is 5.91 Å². The summed E-state index contributed by atoms with van der Waals surface area (Å²) in [5.74, 6) is -1.43. The Bertz CT molecular complexity index is 1230. The second-order valence-corrected chi connectivity index (χ2v) is 8.74. The fraction of sp³-hybridized carbons (Fsp3) is 0.400. The van der Waals surface area contributed by atoms with Crippen molar-refractivity contribution in [3.05, 3.63) is 70.4 Å². The second kappa shape index (κ2) is 9.94. The largest absolute Gasteiger partial charge is 0.522 e. The van der Waals surface area contributed by atoms with Gasteiger partial charge in [-0.2, -0.15) is 0 Å². The first kappa shape index (κ1) is 25.1. The molecule has 2 aromatic carbocycles. The number of piperidine rings is 1. The molecule has 5 nitrogen and oxygen atoms in total. The minimum Gasteiger partial charge on any atom is -0.344 e. The Morgan fingerprint density at radius 1 is 1.11 bits per heavy atom. The number of likely N-dealkylation sites (tertiary alicyclic amines) is 1. The molecule has 0 radical (unpaired) electrons. The predicted octanol–water partition coefficient (Wildman–Crippen LogP) is 5.24. The van der Waals surface area contributed by atoms with E-state index in [0.717, 1.165) is 5.56 Å². The highest BCUT2D eigenvalue weighted by Gasteiger charge is 2.31. The Morgan fingerprint density at radius 3 is 2.46 bits per heavy atom. The molecule has 0 saturated carbocycles. The smallest absolute Gasteiger partial charge is 0.344 e. The lowest BCUT2D eigenvalue weighted by molar-refractivity contribution is -0.325. The van der Waals surface area contributed by atoms with Crippen LogP contribution >= 0.6 is 0 Å². The van der Waals surface area contributed by atoms with Crippen LogP contribution in [-0.4, -0.2) is 41.4 Å². The van der Waals surface area contributed by atoms with Crippen LogP contribution in [0.5, 0.6) is 0 Å². The van der Waals surface area contributed by atoms with E-state index in [9.17, 15) is 26.7 Å². The van der Waals surface area contributed by atoms with E-state index in [1.54, 1.807) is 24.0 Å². The number of benzene rings is 2. The van der Waals surface area contributed by atoms with Gasteiger partial charge in [0.2, 0.25) is 0 Å². The zero-order valence-electron chi connectivity index (χ0n) is 19.2. The molecular weight excluding hydrogens is 469 g/mol. The summed E-state index contributed by atoms with van der Waals surface area (Å²) in [7, 11) is 0. The molecule has 0 spiro atoms. The minimum atomic E-state index is -4.78. The molecule has 1 saturated heterocycles. The van der Waals surface area contributed by atoms with Crippen molar-refractivity contribution in [2.45, 2.75) is 45.1 Å². The third-order valence-electron chi connectivity index (χ3n) is 6.52. The Hall–Kier alpha value is -2.98. The lowest BCUT2D eigenvalue weighted by Crippen LogP contribution is -2.38. The monoisotopic (exact) mass is 495 g/mol. The maximum Gasteiger partial charge on any atom is 0.522 e. The zero-order chi connectivity index (χ0) is 25.3. The molecule has 1 aliphatic heterocycles. The summed E-state index contributed by atoms with van der Waals surface area (Å²) in [5.41, 5.74) is 8.14. The van der Waals surface area contributed by atoms with Crippen LogP contribution in [0.4, 0.5) is 22.0 Å². The van der Waals surface area contributed by atoms with Gasteiger partial charge in [0.1, 0.15) is 11.6 Å². The van der Waals surface area contributed by atoms with Gasteiger partial charge in [0.15, 0.2) is 0 Å². The number of amides is 1. The van der Waals surface area contributed by atoms with Gasteiger partial charge in [-0.1, -0.05) is 18.2 Å². The third-order valence-corrected chi connectivity index (χ3v) is 6.52. The number of ether oxygens (including phenoxy) is 1. The van der Waals surface area contributed by atoms with Gasteiger partial charge >= 0.3 is 6.36 Å². The van der Waals surface area contributed by atoms with E-state index in [2.05, 4.69) is 4.74 Å². The molecule has 1 amide bonds. The summed E-state index contributed by atoms with van der Waals surface area (Å²) in [4.78, 5) is 15.0. The molecule has 10 heteroatoms. The van der Waals surface area contributed by atoms with Gasteiger partial charge in [0.05, 0.1) is 17.7 Å². The minimum absolute atomic E-state index is 0.0748. The van der Waals surface area contributed by atoms with Crippen molar-refractivity contribution in [1.29, 1.82) is 0 Å². The van der Waals surface area contributed by atoms with Crippen LogP contribution in [0.2, 0.25) is 0 Å². The van der Waals surface area contributed by atoms with E-state index in [0.29, 0.717) is 49.1 Å². The number of carbonyl (C=O) groups excluding carboxylic acids is 1. The van der Waals surface area contributed by atoms with E-state index >= 15 is 0 Å². The molecule has 0 atom stereocenters. The van der Waals surface area contributed by atoms with Gasteiger partial charge in [-0.25, -0.2) is 8.78 Å². The summed E-state index contributed by atoms with van der Waals surface area (Å²) in [6, 6.07) is 7.56. The van der Waals surface area contributed by atoms with E-state index in [1.807, 2.05) is 0 Å². The molecule has 188 valence electrons. The average Bonchev–Trinajstić information content (AvgIpc) is 3.21. The molecule has 0 bridgehead atoms. The maximum absolute atomic E-state index is 14.8. The SMILES string of the molecule is Cc1ccc(F)c2c(C(=O)N3CCC(c4cc(CN)ccc4F)CC3)cn(CCOC(F)(F)F)c12. The molecule has 0 aliphatic carbocycles. The topological polar surface area (TPSA) is 60.5 Å². The lowest BCUT2D eigenvalue weighted by atomic mass is 9.88. The number of aryl methyl sites for hydroxylation is 1. The Morgan fingerprint density at radius 2 is 1.80 bits per heavy atom. The molecule has 2 heterocycles. The average molecular weight is 495 g/mol. The first-order chi connectivity index (χ1) is 16.6. The van der Waals surface area contributed by atoms with Crippen LogP contribution in [0.15, 0.2) is 36.5 Å². The Labute approximate surface area is 199 Å². The number of alkyl halides is 3.